The second-order valence-electron chi connectivity index (χ2n) is 5.06. The Kier molecular flexibility index (Phi) is 4.42. The quantitative estimate of drug-likeness (QED) is 0.756. The van der Waals surface area contributed by atoms with Crippen LogP contribution < -0.4 is 16.4 Å². The Bertz CT molecular complexity index is 638. The first-order chi connectivity index (χ1) is 9.95. The maximum atomic E-state index is 12.9. The molecule has 0 aliphatic carbocycles. The molecular weight excluding hydrogens is 269 g/mol. The molecule has 0 radical (unpaired) electrons. The van der Waals surface area contributed by atoms with Gasteiger partial charge in [-0.2, -0.15) is 0 Å². The van der Waals surface area contributed by atoms with Crippen LogP contribution in [0.15, 0.2) is 42.5 Å². The van der Waals surface area contributed by atoms with Crippen molar-refractivity contribution in [3.05, 3.63) is 53.8 Å². The van der Waals surface area contributed by atoms with Gasteiger partial charge in [0.2, 0.25) is 0 Å². The highest BCUT2D eigenvalue weighted by Crippen LogP contribution is 2.24. The van der Waals surface area contributed by atoms with Crippen LogP contribution in [0.2, 0.25) is 0 Å². The first kappa shape index (κ1) is 14.8. The first-order valence-electron chi connectivity index (χ1n) is 6.68. The molecule has 0 atom stereocenters. The molecule has 0 heterocycles. The van der Waals surface area contributed by atoms with Crippen LogP contribution in [0.3, 0.4) is 0 Å². The van der Waals surface area contributed by atoms with Crippen LogP contribution in [-0.4, -0.2) is 11.9 Å². The highest BCUT2D eigenvalue weighted by molar-refractivity contribution is 5.96. The Hall–Kier alpha value is -2.56. The molecule has 0 spiro atoms. The van der Waals surface area contributed by atoms with Gasteiger partial charge < -0.3 is 16.4 Å². The minimum absolute atomic E-state index is 0.0655. The molecule has 110 valence electrons. The summed E-state index contributed by atoms with van der Waals surface area (Å²) in [5.41, 5.74) is 8.30. The number of carbonyl (C=O) groups is 1. The van der Waals surface area contributed by atoms with Crippen molar-refractivity contribution in [2.75, 3.05) is 11.1 Å². The van der Waals surface area contributed by atoms with E-state index in [9.17, 15) is 9.18 Å². The van der Waals surface area contributed by atoms with Crippen molar-refractivity contribution in [1.29, 1.82) is 0 Å². The molecule has 0 bridgehead atoms. The topological polar surface area (TPSA) is 67.2 Å². The van der Waals surface area contributed by atoms with Crippen LogP contribution in [0, 0.1) is 5.82 Å². The van der Waals surface area contributed by atoms with Crippen molar-refractivity contribution in [2.24, 2.45) is 0 Å². The number of carbonyl (C=O) groups excluding carboxylic acids is 1. The standard InChI is InChI=1S/C16H18FN3O/c1-10(2)19-16(21)11-3-8-15(14(18)9-11)20-13-6-4-12(17)5-7-13/h3-10,20H,18H2,1-2H3,(H,19,21). The minimum Gasteiger partial charge on any atom is -0.397 e. The van der Waals surface area contributed by atoms with Crippen LogP contribution in [0.4, 0.5) is 21.5 Å². The molecule has 2 aromatic carbocycles. The fourth-order valence-electron chi connectivity index (χ4n) is 1.85. The molecule has 0 aliphatic rings. The van der Waals surface area contributed by atoms with E-state index in [1.54, 1.807) is 30.3 Å². The fourth-order valence-corrected chi connectivity index (χ4v) is 1.85. The van der Waals surface area contributed by atoms with Gasteiger partial charge in [-0.05, 0) is 56.3 Å². The summed E-state index contributed by atoms with van der Waals surface area (Å²) in [5, 5.41) is 5.89. The molecule has 21 heavy (non-hydrogen) atoms. The summed E-state index contributed by atoms with van der Waals surface area (Å²) < 4.78 is 12.9. The van der Waals surface area contributed by atoms with E-state index in [-0.39, 0.29) is 17.8 Å². The van der Waals surface area contributed by atoms with E-state index in [1.807, 2.05) is 13.8 Å². The number of benzene rings is 2. The molecule has 0 aromatic heterocycles. The molecule has 4 nitrogen and oxygen atoms in total. The van der Waals surface area contributed by atoms with Gasteiger partial charge in [-0.25, -0.2) is 4.39 Å². The lowest BCUT2D eigenvalue weighted by molar-refractivity contribution is 0.0943. The fraction of sp³-hybridized carbons (Fsp3) is 0.188. The van der Waals surface area contributed by atoms with Crippen LogP contribution in [0.1, 0.15) is 24.2 Å². The highest BCUT2D eigenvalue weighted by atomic mass is 19.1. The average Bonchev–Trinajstić information content (AvgIpc) is 2.42. The van der Waals surface area contributed by atoms with E-state index in [1.165, 1.54) is 12.1 Å². The Morgan fingerprint density at radius 1 is 1.14 bits per heavy atom. The molecule has 2 rings (SSSR count). The van der Waals surface area contributed by atoms with E-state index >= 15 is 0 Å². The predicted octanol–water partition coefficient (Wildman–Crippen LogP) is 3.29. The summed E-state index contributed by atoms with van der Waals surface area (Å²) >= 11 is 0. The molecule has 0 saturated heterocycles. The third kappa shape index (κ3) is 3.95. The van der Waals surface area contributed by atoms with Crippen LogP contribution in [0.25, 0.3) is 0 Å². The number of nitrogens with two attached hydrogens (primary N) is 1. The second kappa shape index (κ2) is 6.26. The molecule has 0 unspecified atom stereocenters. The van der Waals surface area contributed by atoms with Gasteiger partial charge in [0, 0.05) is 17.3 Å². The average molecular weight is 287 g/mol. The van der Waals surface area contributed by atoms with Crippen molar-refractivity contribution in [2.45, 2.75) is 19.9 Å². The van der Waals surface area contributed by atoms with E-state index in [0.717, 1.165) is 5.69 Å². The Morgan fingerprint density at radius 3 is 2.38 bits per heavy atom. The van der Waals surface area contributed by atoms with E-state index < -0.39 is 0 Å². The second-order valence-corrected chi connectivity index (χ2v) is 5.06. The minimum atomic E-state index is -0.297. The highest BCUT2D eigenvalue weighted by Gasteiger charge is 2.09. The van der Waals surface area contributed by atoms with Crippen molar-refractivity contribution in [3.8, 4) is 0 Å². The van der Waals surface area contributed by atoms with Gasteiger partial charge >= 0.3 is 0 Å². The normalized spacial score (nSPS) is 10.5. The van der Waals surface area contributed by atoms with Crippen molar-refractivity contribution in [1.82, 2.24) is 5.32 Å². The van der Waals surface area contributed by atoms with Gasteiger partial charge in [-0.1, -0.05) is 0 Å². The van der Waals surface area contributed by atoms with Gasteiger partial charge in [0.15, 0.2) is 0 Å². The number of hydrogen-bond donors (Lipinski definition) is 3. The zero-order valence-corrected chi connectivity index (χ0v) is 12.0. The first-order valence-corrected chi connectivity index (χ1v) is 6.68. The number of amides is 1. The third-order valence-corrected chi connectivity index (χ3v) is 2.86. The number of hydrogen-bond acceptors (Lipinski definition) is 3. The van der Waals surface area contributed by atoms with Gasteiger partial charge in [-0.3, -0.25) is 4.79 Å². The molecule has 0 aliphatic heterocycles. The summed E-state index contributed by atoms with van der Waals surface area (Å²) in [5.74, 6) is -0.459. The summed E-state index contributed by atoms with van der Waals surface area (Å²) in [4.78, 5) is 11.9. The van der Waals surface area contributed by atoms with E-state index in [2.05, 4.69) is 10.6 Å². The summed E-state index contributed by atoms with van der Waals surface area (Å²) in [6, 6.07) is 11.1. The Labute approximate surface area is 123 Å². The van der Waals surface area contributed by atoms with E-state index in [0.29, 0.717) is 16.9 Å². The number of rotatable bonds is 4. The Balaban J connectivity index is 2.15. The van der Waals surface area contributed by atoms with Crippen molar-refractivity contribution < 1.29 is 9.18 Å². The van der Waals surface area contributed by atoms with Gasteiger partial charge in [0.05, 0.1) is 11.4 Å². The van der Waals surface area contributed by atoms with Gasteiger partial charge in [-0.15, -0.1) is 0 Å². The number of nitrogens with one attached hydrogen (secondary N) is 2. The maximum absolute atomic E-state index is 12.9. The summed E-state index contributed by atoms with van der Waals surface area (Å²) in [7, 11) is 0. The lowest BCUT2D eigenvalue weighted by Gasteiger charge is -2.12. The largest absolute Gasteiger partial charge is 0.397 e. The third-order valence-electron chi connectivity index (χ3n) is 2.86. The molecule has 2 aromatic rings. The van der Waals surface area contributed by atoms with Crippen molar-refractivity contribution in [3.63, 3.8) is 0 Å². The molecule has 0 fully saturated rings. The predicted molar refractivity (Wildman–Crippen MR) is 83.1 cm³/mol. The molecule has 1 amide bonds. The van der Waals surface area contributed by atoms with E-state index in [4.69, 9.17) is 5.73 Å². The molecular formula is C16H18FN3O. The van der Waals surface area contributed by atoms with Gasteiger partial charge in [0.25, 0.3) is 5.91 Å². The summed E-state index contributed by atoms with van der Waals surface area (Å²) in [6.07, 6.45) is 0. The lowest BCUT2D eigenvalue weighted by atomic mass is 10.1. The van der Waals surface area contributed by atoms with Crippen molar-refractivity contribution >= 4 is 23.0 Å². The maximum Gasteiger partial charge on any atom is 0.251 e. The number of nitrogen functional groups attached to an aromatic ring is 1. The van der Waals surface area contributed by atoms with Crippen LogP contribution >= 0.6 is 0 Å². The SMILES string of the molecule is CC(C)NC(=O)c1ccc(Nc2ccc(F)cc2)c(N)c1. The molecule has 0 saturated carbocycles. The zero-order chi connectivity index (χ0) is 15.4. The van der Waals surface area contributed by atoms with Crippen LogP contribution in [0.5, 0.6) is 0 Å². The van der Waals surface area contributed by atoms with Crippen LogP contribution in [-0.2, 0) is 0 Å². The number of anilines is 3. The van der Waals surface area contributed by atoms with Gasteiger partial charge in [0.1, 0.15) is 5.82 Å². The monoisotopic (exact) mass is 287 g/mol. The lowest BCUT2D eigenvalue weighted by Crippen LogP contribution is -2.30. The molecule has 5 heteroatoms. The summed E-state index contributed by atoms with van der Waals surface area (Å²) in [6.45, 7) is 3.79. The smallest absolute Gasteiger partial charge is 0.251 e. The zero-order valence-electron chi connectivity index (χ0n) is 12.0. The Morgan fingerprint density at radius 2 is 1.81 bits per heavy atom. The molecule has 4 N–H and O–H groups in total. The number of halogens is 1.